The lowest BCUT2D eigenvalue weighted by atomic mass is 10.0. The molecule has 1 aromatic carbocycles. The number of anilines is 1. The summed E-state index contributed by atoms with van der Waals surface area (Å²) in [6, 6.07) is 5.74. The van der Waals surface area contributed by atoms with Crippen LogP contribution in [-0.2, 0) is 4.79 Å². The van der Waals surface area contributed by atoms with Crippen molar-refractivity contribution in [2.24, 2.45) is 0 Å². The molecule has 0 radical (unpaired) electrons. The van der Waals surface area contributed by atoms with Gasteiger partial charge in [0.1, 0.15) is 11.3 Å². The summed E-state index contributed by atoms with van der Waals surface area (Å²) < 4.78 is 11.0. The predicted octanol–water partition coefficient (Wildman–Crippen LogP) is 3.05. The molecule has 1 saturated heterocycles. The first kappa shape index (κ1) is 20.2. The maximum Gasteiger partial charge on any atom is 0.289 e. The van der Waals surface area contributed by atoms with E-state index < -0.39 is 0 Å². The van der Waals surface area contributed by atoms with Crippen LogP contribution in [0.15, 0.2) is 27.1 Å². The second-order valence-electron chi connectivity index (χ2n) is 7.90. The molecule has 0 bridgehead atoms. The molecule has 1 fully saturated rings. The number of nitrogens with zero attached hydrogens (tertiary/aromatic N) is 3. The van der Waals surface area contributed by atoms with Crippen molar-refractivity contribution >= 4 is 28.6 Å². The molecule has 8 nitrogen and oxygen atoms in total. The van der Waals surface area contributed by atoms with Crippen LogP contribution >= 0.6 is 0 Å². The van der Waals surface area contributed by atoms with E-state index in [-0.39, 0.29) is 18.4 Å². The molecule has 1 aliphatic heterocycles. The number of rotatable bonds is 4. The summed E-state index contributed by atoms with van der Waals surface area (Å²) >= 11 is 0. The Balaban J connectivity index is 1.38. The molecular weight excluding hydrogens is 384 g/mol. The molecule has 8 heteroatoms. The second-order valence-corrected chi connectivity index (χ2v) is 7.90. The lowest BCUT2D eigenvalue weighted by Gasteiger charge is -2.33. The number of amides is 2. The fourth-order valence-corrected chi connectivity index (χ4v) is 3.94. The van der Waals surface area contributed by atoms with Gasteiger partial charge in [0.2, 0.25) is 5.91 Å². The molecule has 0 saturated carbocycles. The normalized spacial score (nSPS) is 15.0. The highest BCUT2D eigenvalue weighted by molar-refractivity contribution is 6.00. The van der Waals surface area contributed by atoms with Crippen LogP contribution in [0.2, 0.25) is 0 Å². The van der Waals surface area contributed by atoms with Gasteiger partial charge in [-0.1, -0.05) is 17.3 Å². The van der Waals surface area contributed by atoms with Crippen molar-refractivity contribution in [2.45, 2.75) is 27.7 Å². The van der Waals surface area contributed by atoms with Gasteiger partial charge in [-0.3, -0.25) is 14.5 Å². The first-order valence-electron chi connectivity index (χ1n) is 10.1. The van der Waals surface area contributed by atoms with Crippen molar-refractivity contribution < 1.29 is 18.5 Å². The van der Waals surface area contributed by atoms with Gasteiger partial charge < -0.3 is 19.2 Å². The van der Waals surface area contributed by atoms with E-state index in [1.807, 2.05) is 31.7 Å². The van der Waals surface area contributed by atoms with E-state index in [9.17, 15) is 9.59 Å². The highest BCUT2D eigenvalue weighted by Gasteiger charge is 2.28. The van der Waals surface area contributed by atoms with Gasteiger partial charge in [0.25, 0.3) is 5.91 Å². The van der Waals surface area contributed by atoms with Crippen LogP contribution < -0.4 is 5.32 Å². The standard InChI is InChI=1S/C22H26N4O4/c1-13-5-6-14(2)20-19(13)16(4)21(29-20)22(28)26-9-7-25(8-10-26)12-18(27)23-17-11-15(3)30-24-17/h5-6,11H,7-10,12H2,1-4H3,(H,23,24,27). The Bertz CT molecular complexity index is 1110. The number of carbonyl (C=O) groups excluding carboxylic acids is 2. The zero-order valence-corrected chi connectivity index (χ0v) is 17.7. The summed E-state index contributed by atoms with van der Waals surface area (Å²) in [4.78, 5) is 29.1. The lowest BCUT2D eigenvalue weighted by Crippen LogP contribution is -2.50. The molecule has 3 heterocycles. The summed E-state index contributed by atoms with van der Waals surface area (Å²) in [5.41, 5.74) is 3.81. The number of carbonyl (C=O) groups is 2. The van der Waals surface area contributed by atoms with Gasteiger partial charge in [-0.15, -0.1) is 0 Å². The summed E-state index contributed by atoms with van der Waals surface area (Å²) in [6.07, 6.45) is 0. The Kier molecular flexibility index (Phi) is 5.34. The summed E-state index contributed by atoms with van der Waals surface area (Å²) in [5, 5.41) is 7.51. The Labute approximate surface area is 174 Å². The number of benzene rings is 1. The third-order valence-corrected chi connectivity index (χ3v) is 5.60. The number of hydrogen-bond acceptors (Lipinski definition) is 6. The van der Waals surface area contributed by atoms with Crippen molar-refractivity contribution in [3.63, 3.8) is 0 Å². The molecule has 0 atom stereocenters. The minimum atomic E-state index is -0.151. The average molecular weight is 410 g/mol. The minimum absolute atomic E-state index is 0.0929. The highest BCUT2D eigenvalue weighted by atomic mass is 16.5. The third-order valence-electron chi connectivity index (χ3n) is 5.60. The SMILES string of the molecule is Cc1cc(NC(=O)CN2CCN(C(=O)c3oc4c(C)ccc(C)c4c3C)CC2)no1. The van der Waals surface area contributed by atoms with E-state index in [1.165, 1.54) is 0 Å². The van der Waals surface area contributed by atoms with Crippen molar-refractivity contribution in [3.8, 4) is 0 Å². The molecule has 158 valence electrons. The monoisotopic (exact) mass is 410 g/mol. The molecule has 4 rings (SSSR count). The van der Waals surface area contributed by atoms with Crippen molar-refractivity contribution in [1.82, 2.24) is 15.0 Å². The van der Waals surface area contributed by atoms with E-state index in [2.05, 4.69) is 16.5 Å². The Morgan fingerprint density at radius 1 is 1.07 bits per heavy atom. The van der Waals surface area contributed by atoms with Crippen LogP contribution in [0, 0.1) is 27.7 Å². The summed E-state index contributed by atoms with van der Waals surface area (Å²) in [7, 11) is 0. The highest BCUT2D eigenvalue weighted by Crippen LogP contribution is 2.31. The first-order valence-corrected chi connectivity index (χ1v) is 10.1. The maximum absolute atomic E-state index is 13.1. The Hall–Kier alpha value is -3.13. The number of hydrogen-bond donors (Lipinski definition) is 1. The number of aryl methyl sites for hydroxylation is 4. The maximum atomic E-state index is 13.1. The number of piperazine rings is 1. The van der Waals surface area contributed by atoms with Gasteiger partial charge in [0, 0.05) is 43.2 Å². The lowest BCUT2D eigenvalue weighted by molar-refractivity contribution is -0.117. The molecule has 0 unspecified atom stereocenters. The van der Waals surface area contributed by atoms with Crippen molar-refractivity contribution in [1.29, 1.82) is 0 Å². The number of fused-ring (bicyclic) bond motifs is 1. The molecule has 0 aliphatic carbocycles. The molecule has 1 aliphatic rings. The average Bonchev–Trinajstić information content (AvgIpc) is 3.28. The van der Waals surface area contributed by atoms with Gasteiger partial charge in [-0.05, 0) is 38.8 Å². The van der Waals surface area contributed by atoms with Crippen LogP contribution in [0.4, 0.5) is 5.82 Å². The number of nitrogens with one attached hydrogen (secondary N) is 1. The zero-order chi connectivity index (χ0) is 21.4. The Morgan fingerprint density at radius 3 is 2.40 bits per heavy atom. The van der Waals surface area contributed by atoms with Gasteiger partial charge in [-0.2, -0.15) is 0 Å². The predicted molar refractivity (Wildman–Crippen MR) is 113 cm³/mol. The van der Waals surface area contributed by atoms with E-state index in [0.717, 1.165) is 27.7 Å². The third kappa shape index (κ3) is 3.82. The van der Waals surface area contributed by atoms with Gasteiger partial charge in [0.05, 0.1) is 6.54 Å². The van der Waals surface area contributed by atoms with Gasteiger partial charge in [0.15, 0.2) is 11.6 Å². The molecule has 3 aromatic rings. The number of aromatic nitrogens is 1. The molecule has 2 aromatic heterocycles. The van der Waals surface area contributed by atoms with Crippen LogP contribution in [0.25, 0.3) is 11.0 Å². The van der Waals surface area contributed by atoms with E-state index >= 15 is 0 Å². The van der Waals surface area contributed by atoms with E-state index in [4.69, 9.17) is 8.94 Å². The van der Waals surface area contributed by atoms with Gasteiger partial charge in [-0.25, -0.2) is 0 Å². The van der Waals surface area contributed by atoms with Crippen molar-refractivity contribution in [2.75, 3.05) is 38.0 Å². The fraction of sp³-hybridized carbons (Fsp3) is 0.409. The summed E-state index contributed by atoms with van der Waals surface area (Å²) in [5.74, 6) is 1.22. The van der Waals surface area contributed by atoms with Crippen LogP contribution in [-0.4, -0.2) is 59.5 Å². The van der Waals surface area contributed by atoms with E-state index in [1.54, 1.807) is 17.9 Å². The largest absolute Gasteiger partial charge is 0.450 e. The van der Waals surface area contributed by atoms with Crippen LogP contribution in [0.3, 0.4) is 0 Å². The molecule has 0 spiro atoms. The van der Waals surface area contributed by atoms with Crippen LogP contribution in [0.1, 0.15) is 33.0 Å². The Morgan fingerprint density at radius 2 is 1.77 bits per heavy atom. The van der Waals surface area contributed by atoms with Gasteiger partial charge >= 0.3 is 0 Å². The van der Waals surface area contributed by atoms with Crippen molar-refractivity contribution in [3.05, 3.63) is 46.4 Å². The fourth-order valence-electron chi connectivity index (χ4n) is 3.94. The smallest absolute Gasteiger partial charge is 0.289 e. The number of furan rings is 1. The quantitative estimate of drug-likeness (QED) is 0.711. The summed E-state index contributed by atoms with van der Waals surface area (Å²) in [6.45, 7) is 10.3. The van der Waals surface area contributed by atoms with Crippen LogP contribution in [0.5, 0.6) is 0 Å². The second kappa shape index (κ2) is 7.95. The van der Waals surface area contributed by atoms with E-state index in [0.29, 0.717) is 43.5 Å². The topological polar surface area (TPSA) is 91.8 Å². The first-order chi connectivity index (χ1) is 14.3. The molecule has 30 heavy (non-hydrogen) atoms. The molecule has 1 N–H and O–H groups in total. The minimum Gasteiger partial charge on any atom is -0.450 e. The zero-order valence-electron chi connectivity index (χ0n) is 17.7. The molecular formula is C22H26N4O4. The molecule has 2 amide bonds.